The van der Waals surface area contributed by atoms with Gasteiger partial charge in [0.2, 0.25) is 0 Å². The summed E-state index contributed by atoms with van der Waals surface area (Å²) in [6.07, 6.45) is 0. The van der Waals surface area contributed by atoms with Crippen molar-refractivity contribution in [1.29, 1.82) is 0 Å². The van der Waals surface area contributed by atoms with E-state index in [1.807, 2.05) is 6.07 Å². The Balaban J connectivity index is 2.07. The number of hydrogen-bond acceptors (Lipinski definition) is 4. The summed E-state index contributed by atoms with van der Waals surface area (Å²) in [4.78, 5) is 3.75. The van der Waals surface area contributed by atoms with Crippen LogP contribution >= 0.6 is 35.5 Å². The number of nitrogens with one attached hydrogen (secondary N) is 1. The second-order valence-corrected chi connectivity index (χ2v) is 7.89. The fourth-order valence-corrected chi connectivity index (χ4v) is 4.23. The van der Waals surface area contributed by atoms with E-state index in [-0.39, 0.29) is 0 Å². The van der Waals surface area contributed by atoms with E-state index in [0.717, 1.165) is 22.3 Å². The Labute approximate surface area is 143 Å². The standard InChI is InChI=1S/C16H17N3S3/c1-10(2)19(22-14-7-4-8-21-14)13-6-3-5-11-9-12(16(17)20)18-15(11)13/h3-10,18H,1-2H3,(H2,17,20). The van der Waals surface area contributed by atoms with Crippen molar-refractivity contribution >= 4 is 57.1 Å². The van der Waals surface area contributed by atoms with Crippen molar-refractivity contribution in [2.45, 2.75) is 24.1 Å². The van der Waals surface area contributed by atoms with Crippen LogP contribution in [-0.2, 0) is 0 Å². The van der Waals surface area contributed by atoms with Gasteiger partial charge in [-0.15, -0.1) is 11.3 Å². The number of rotatable bonds is 5. The quantitative estimate of drug-likeness (QED) is 0.515. The highest BCUT2D eigenvalue weighted by atomic mass is 32.2. The van der Waals surface area contributed by atoms with E-state index in [1.54, 1.807) is 23.3 Å². The number of thiophene rings is 1. The van der Waals surface area contributed by atoms with E-state index >= 15 is 0 Å². The number of aromatic amines is 1. The van der Waals surface area contributed by atoms with Crippen LogP contribution in [0.15, 0.2) is 46.0 Å². The molecule has 0 aliphatic carbocycles. The lowest BCUT2D eigenvalue weighted by molar-refractivity contribution is 0.838. The lowest BCUT2D eigenvalue weighted by Gasteiger charge is -2.27. The van der Waals surface area contributed by atoms with Gasteiger partial charge in [0, 0.05) is 11.4 Å². The topological polar surface area (TPSA) is 45.0 Å². The molecular formula is C16H17N3S3. The molecule has 22 heavy (non-hydrogen) atoms. The summed E-state index contributed by atoms with van der Waals surface area (Å²) < 4.78 is 3.58. The van der Waals surface area contributed by atoms with Crippen molar-refractivity contribution in [1.82, 2.24) is 4.98 Å². The fraction of sp³-hybridized carbons (Fsp3) is 0.188. The average molecular weight is 348 g/mol. The highest BCUT2D eigenvalue weighted by Crippen LogP contribution is 2.37. The van der Waals surface area contributed by atoms with Gasteiger partial charge < -0.3 is 15.0 Å². The number of nitrogens with zero attached hydrogens (tertiary/aromatic N) is 1. The lowest BCUT2D eigenvalue weighted by Crippen LogP contribution is -2.23. The molecular weight excluding hydrogens is 330 g/mol. The first-order valence-electron chi connectivity index (χ1n) is 6.98. The lowest BCUT2D eigenvalue weighted by atomic mass is 10.2. The summed E-state index contributed by atoms with van der Waals surface area (Å²) in [5, 5.41) is 3.22. The first kappa shape index (κ1) is 15.4. The van der Waals surface area contributed by atoms with Crippen LogP contribution in [0.3, 0.4) is 0 Å². The molecule has 114 valence electrons. The summed E-state index contributed by atoms with van der Waals surface area (Å²) in [6, 6.07) is 12.9. The van der Waals surface area contributed by atoms with Gasteiger partial charge in [-0.1, -0.05) is 30.4 Å². The van der Waals surface area contributed by atoms with Gasteiger partial charge in [0.25, 0.3) is 0 Å². The monoisotopic (exact) mass is 347 g/mol. The smallest absolute Gasteiger partial charge is 0.120 e. The van der Waals surface area contributed by atoms with Crippen molar-refractivity contribution in [3.63, 3.8) is 0 Å². The number of H-pyrrole nitrogens is 1. The number of nitrogens with two attached hydrogens (primary N) is 1. The summed E-state index contributed by atoms with van der Waals surface area (Å²) in [5.41, 5.74) is 8.78. The molecule has 0 aliphatic heterocycles. The molecule has 0 atom stereocenters. The Hall–Kier alpha value is -1.50. The molecule has 0 spiro atoms. The Morgan fingerprint density at radius 3 is 2.77 bits per heavy atom. The summed E-state index contributed by atoms with van der Waals surface area (Å²) in [5.74, 6) is 0. The number of hydrogen-bond donors (Lipinski definition) is 2. The average Bonchev–Trinajstić information content (AvgIpc) is 3.13. The number of para-hydroxylation sites is 1. The van der Waals surface area contributed by atoms with Crippen LogP contribution in [0.1, 0.15) is 19.5 Å². The zero-order valence-corrected chi connectivity index (χ0v) is 14.8. The minimum absolute atomic E-state index is 0.356. The van der Waals surface area contributed by atoms with Crippen LogP contribution in [0, 0.1) is 0 Å². The van der Waals surface area contributed by atoms with Gasteiger partial charge in [0.1, 0.15) is 4.99 Å². The molecule has 3 nitrogen and oxygen atoms in total. The number of benzene rings is 1. The zero-order chi connectivity index (χ0) is 15.7. The maximum atomic E-state index is 5.76. The molecule has 0 saturated carbocycles. The molecule has 6 heteroatoms. The van der Waals surface area contributed by atoms with Crippen molar-refractivity contribution in [2.75, 3.05) is 4.31 Å². The second kappa shape index (κ2) is 6.32. The van der Waals surface area contributed by atoms with Gasteiger partial charge in [0.15, 0.2) is 0 Å². The number of thiocarbonyl (C=S) groups is 1. The van der Waals surface area contributed by atoms with Crippen LogP contribution < -0.4 is 10.0 Å². The molecule has 0 radical (unpaired) electrons. The largest absolute Gasteiger partial charge is 0.388 e. The van der Waals surface area contributed by atoms with Gasteiger partial charge in [-0.05, 0) is 49.4 Å². The van der Waals surface area contributed by atoms with E-state index in [9.17, 15) is 0 Å². The normalized spacial score (nSPS) is 11.2. The van der Waals surface area contributed by atoms with E-state index in [2.05, 4.69) is 58.8 Å². The second-order valence-electron chi connectivity index (χ2n) is 5.23. The van der Waals surface area contributed by atoms with Crippen molar-refractivity contribution in [3.05, 3.63) is 47.5 Å². The van der Waals surface area contributed by atoms with Gasteiger partial charge in [-0.2, -0.15) is 0 Å². The summed E-state index contributed by atoms with van der Waals surface area (Å²) in [7, 11) is 0. The minimum atomic E-state index is 0.356. The maximum Gasteiger partial charge on any atom is 0.120 e. The molecule has 3 N–H and O–H groups in total. The molecule has 1 aromatic carbocycles. The third kappa shape index (κ3) is 2.99. The molecule has 0 aliphatic rings. The first-order chi connectivity index (χ1) is 10.6. The van der Waals surface area contributed by atoms with E-state index in [0.29, 0.717) is 11.0 Å². The molecule has 0 amide bonds. The van der Waals surface area contributed by atoms with Gasteiger partial charge in [-0.25, -0.2) is 0 Å². The molecule has 3 rings (SSSR count). The van der Waals surface area contributed by atoms with Crippen molar-refractivity contribution < 1.29 is 0 Å². The van der Waals surface area contributed by atoms with Crippen molar-refractivity contribution in [3.8, 4) is 0 Å². The number of anilines is 1. The molecule has 0 fully saturated rings. The molecule has 2 heterocycles. The first-order valence-corrected chi connectivity index (χ1v) is 9.04. The van der Waals surface area contributed by atoms with Crippen LogP contribution in [0.25, 0.3) is 10.9 Å². The molecule has 2 aromatic heterocycles. The SMILES string of the molecule is CC(C)N(Sc1cccs1)c1cccc2cc(C(N)=S)[nH]c12. The minimum Gasteiger partial charge on any atom is -0.388 e. The predicted molar refractivity (Wildman–Crippen MR) is 102 cm³/mol. The highest BCUT2D eigenvalue weighted by Gasteiger charge is 2.17. The predicted octanol–water partition coefficient (Wildman–Crippen LogP) is 4.79. The zero-order valence-electron chi connectivity index (χ0n) is 12.4. The van der Waals surface area contributed by atoms with Crippen LogP contribution in [-0.4, -0.2) is 16.0 Å². The van der Waals surface area contributed by atoms with Crippen LogP contribution in [0.4, 0.5) is 5.69 Å². The Bertz CT molecular complexity index is 790. The number of fused-ring (bicyclic) bond motifs is 1. The third-order valence-corrected chi connectivity index (χ3v) is 5.81. The van der Waals surface area contributed by atoms with E-state index in [1.165, 1.54) is 4.21 Å². The summed E-state index contributed by atoms with van der Waals surface area (Å²) in [6.45, 7) is 4.38. The Kier molecular flexibility index (Phi) is 4.42. The Morgan fingerprint density at radius 2 is 2.14 bits per heavy atom. The van der Waals surface area contributed by atoms with Crippen molar-refractivity contribution in [2.24, 2.45) is 5.73 Å². The van der Waals surface area contributed by atoms with Crippen LogP contribution in [0.2, 0.25) is 0 Å². The van der Waals surface area contributed by atoms with E-state index in [4.69, 9.17) is 18.0 Å². The molecule has 3 aromatic rings. The fourth-order valence-electron chi connectivity index (χ4n) is 2.30. The van der Waals surface area contributed by atoms with Crippen LogP contribution in [0.5, 0.6) is 0 Å². The van der Waals surface area contributed by atoms with Gasteiger partial charge >= 0.3 is 0 Å². The van der Waals surface area contributed by atoms with E-state index < -0.39 is 0 Å². The van der Waals surface area contributed by atoms with Gasteiger partial charge in [-0.3, -0.25) is 0 Å². The molecule has 0 bridgehead atoms. The number of aromatic nitrogens is 1. The highest BCUT2D eigenvalue weighted by molar-refractivity contribution is 8.02. The molecule has 0 saturated heterocycles. The molecule has 0 unspecified atom stereocenters. The summed E-state index contributed by atoms with van der Waals surface area (Å²) >= 11 is 8.59. The Morgan fingerprint density at radius 1 is 1.32 bits per heavy atom. The van der Waals surface area contributed by atoms with Gasteiger partial charge in [0.05, 0.1) is 21.1 Å². The third-order valence-electron chi connectivity index (χ3n) is 3.29. The maximum absolute atomic E-state index is 5.76.